The highest BCUT2D eigenvalue weighted by Gasteiger charge is 2.22. The molecule has 4 heteroatoms. The van der Waals surface area contributed by atoms with Gasteiger partial charge in [0.15, 0.2) is 0 Å². The Kier molecular flexibility index (Phi) is 10.2. The second kappa shape index (κ2) is 17.5. The highest BCUT2D eigenvalue weighted by atomic mass is 16.3. The maximum Gasteiger partial charge on any atom is 0.135 e. The van der Waals surface area contributed by atoms with E-state index in [1.54, 1.807) is 0 Å². The van der Waals surface area contributed by atoms with Gasteiger partial charge in [-0.05, 0) is 177 Å². The number of allylic oxidation sites excluding steroid dienone is 5. The number of benzene rings is 10. The maximum absolute atomic E-state index is 6.59. The Balaban J connectivity index is 0.823. The van der Waals surface area contributed by atoms with Gasteiger partial charge in [0, 0.05) is 60.4 Å². The van der Waals surface area contributed by atoms with E-state index in [0.717, 1.165) is 101 Å². The summed E-state index contributed by atoms with van der Waals surface area (Å²) >= 11 is 0. The van der Waals surface area contributed by atoms with Gasteiger partial charge in [0.1, 0.15) is 22.3 Å². The Hall–Kier alpha value is -9.64. The Bertz CT molecular complexity index is 4920. The first kappa shape index (κ1) is 45.7. The maximum atomic E-state index is 6.59. The van der Waals surface area contributed by atoms with E-state index < -0.39 is 0 Å². The van der Waals surface area contributed by atoms with Crippen molar-refractivity contribution in [3.8, 4) is 44.8 Å². The van der Waals surface area contributed by atoms with E-state index in [1.165, 1.54) is 60.4 Å². The molecule has 14 aromatic rings. The van der Waals surface area contributed by atoms with Gasteiger partial charge in [-0.15, -0.1) is 0 Å². The molecule has 0 bridgehead atoms. The summed E-state index contributed by atoms with van der Waals surface area (Å²) in [4.78, 5) is 0. The van der Waals surface area contributed by atoms with Gasteiger partial charge in [0.05, 0.1) is 22.1 Å². The summed E-state index contributed by atoms with van der Waals surface area (Å²) in [6.45, 7) is 14.9. The van der Waals surface area contributed by atoms with Crippen molar-refractivity contribution in [1.29, 1.82) is 0 Å². The number of hydrogen-bond donors (Lipinski definition) is 0. The molecule has 1 atom stereocenters. The lowest BCUT2D eigenvalue weighted by Crippen LogP contribution is -2.11. The van der Waals surface area contributed by atoms with Gasteiger partial charge in [-0.25, -0.2) is 0 Å². The lowest BCUT2D eigenvalue weighted by atomic mass is 9.83. The highest BCUT2D eigenvalue weighted by Crippen LogP contribution is 2.43. The molecule has 78 heavy (non-hydrogen) atoms. The van der Waals surface area contributed by atoms with E-state index in [2.05, 4.69) is 261 Å². The van der Waals surface area contributed by atoms with Crippen LogP contribution in [-0.2, 0) is 5.41 Å². The number of aromatic nitrogens is 2. The molecule has 0 saturated heterocycles. The first-order valence-corrected chi connectivity index (χ1v) is 27.0. The fourth-order valence-electron chi connectivity index (χ4n) is 12.4. The van der Waals surface area contributed by atoms with Gasteiger partial charge < -0.3 is 18.0 Å². The topological polar surface area (TPSA) is 36.1 Å². The largest absolute Gasteiger partial charge is 0.456 e. The standard InChI is InChI=1S/C74H54N2O2/c1-6-45-14-12-16-47(34-45)49-22-28-68-60(39-49)58-18-8-10-20-66(58)75(68)56-26-32-72-64(43-56)62-41-51(24-30-70(62)77-72)53-36-54(38-55(37-53)74(3,4)5)52-25-31-71-63(42-52)65-44-57(27-33-73(65)78-71)76-67-21-11-9-19-59(67)61-40-50(23-29-69(61)76)48-17-13-15-46(7-2)35-48/h6-16,18-44,48H,1-2,17H2,3-5H3. The zero-order valence-electron chi connectivity index (χ0n) is 43.8. The monoisotopic (exact) mass is 1000 g/mol. The van der Waals surface area contributed by atoms with Crippen LogP contribution in [-0.4, -0.2) is 9.13 Å². The minimum atomic E-state index is -0.103. The van der Waals surface area contributed by atoms with Crippen LogP contribution in [0.15, 0.2) is 252 Å². The first-order chi connectivity index (χ1) is 38.1. The first-order valence-electron chi connectivity index (χ1n) is 27.0. The third kappa shape index (κ3) is 7.35. The number of hydrogen-bond acceptors (Lipinski definition) is 2. The molecule has 0 spiro atoms. The summed E-state index contributed by atoms with van der Waals surface area (Å²) in [6, 6.07) is 73.6. The second-order valence-electron chi connectivity index (χ2n) is 22.2. The third-order valence-corrected chi connectivity index (χ3v) is 16.5. The molecule has 4 nitrogen and oxygen atoms in total. The van der Waals surface area contributed by atoms with Crippen molar-refractivity contribution in [3.05, 3.63) is 260 Å². The van der Waals surface area contributed by atoms with Crippen molar-refractivity contribution in [2.24, 2.45) is 0 Å². The average Bonchev–Trinajstić information content (AvgIpc) is 4.42. The van der Waals surface area contributed by atoms with Gasteiger partial charge in [-0.1, -0.05) is 155 Å². The molecule has 372 valence electrons. The van der Waals surface area contributed by atoms with Crippen molar-refractivity contribution in [2.75, 3.05) is 0 Å². The van der Waals surface area contributed by atoms with E-state index in [-0.39, 0.29) is 5.41 Å². The van der Waals surface area contributed by atoms with Gasteiger partial charge in [-0.2, -0.15) is 0 Å². The number of fused-ring (bicyclic) bond motifs is 12. The fourth-order valence-corrected chi connectivity index (χ4v) is 12.4. The van der Waals surface area contributed by atoms with Crippen molar-refractivity contribution in [1.82, 2.24) is 9.13 Å². The molecule has 0 N–H and O–H groups in total. The van der Waals surface area contributed by atoms with Gasteiger partial charge in [-0.3, -0.25) is 0 Å². The Morgan fingerprint density at radius 3 is 1.51 bits per heavy atom. The highest BCUT2D eigenvalue weighted by molar-refractivity contribution is 6.13. The van der Waals surface area contributed by atoms with E-state index in [9.17, 15) is 0 Å². The van der Waals surface area contributed by atoms with Crippen LogP contribution in [0, 0.1) is 0 Å². The summed E-state index contributed by atoms with van der Waals surface area (Å²) in [5.41, 5.74) is 22.1. The second-order valence-corrected chi connectivity index (χ2v) is 22.2. The molecule has 10 aromatic carbocycles. The van der Waals surface area contributed by atoms with Crippen LogP contribution in [0.5, 0.6) is 0 Å². The van der Waals surface area contributed by atoms with Crippen LogP contribution in [0.25, 0.3) is 138 Å². The van der Waals surface area contributed by atoms with Gasteiger partial charge in [0.25, 0.3) is 0 Å². The van der Waals surface area contributed by atoms with Crippen LogP contribution in [0.2, 0.25) is 0 Å². The SMILES string of the molecule is C=CC1=CC(c2ccc3c(c2)c2ccccc2n3-c2ccc3oc4ccc(-c5cc(-c6ccc7oc8ccc(-n9c%10ccccc%10c%10cc(-c%11cccc(C=C)c%11)ccc%109)cc8c7c6)cc(C(C)(C)C)c5)cc4c3c2)CC=C1. The normalized spacial score (nSPS) is 14.0. The zero-order valence-corrected chi connectivity index (χ0v) is 43.8. The molecule has 1 aliphatic rings. The Morgan fingerprint density at radius 2 is 0.923 bits per heavy atom. The number of furan rings is 2. The predicted molar refractivity (Wildman–Crippen MR) is 330 cm³/mol. The molecular weight excluding hydrogens is 949 g/mol. The van der Waals surface area contributed by atoms with E-state index >= 15 is 0 Å². The fraction of sp³-hybridized carbons (Fsp3) is 0.0811. The van der Waals surface area contributed by atoms with Crippen LogP contribution in [0.1, 0.15) is 49.8 Å². The van der Waals surface area contributed by atoms with Gasteiger partial charge >= 0.3 is 0 Å². The molecule has 1 unspecified atom stereocenters. The molecule has 4 aromatic heterocycles. The molecule has 1 aliphatic carbocycles. The molecule has 0 saturated carbocycles. The molecule has 15 rings (SSSR count). The van der Waals surface area contributed by atoms with Crippen LogP contribution in [0.3, 0.4) is 0 Å². The summed E-state index contributed by atoms with van der Waals surface area (Å²) < 4.78 is 18.0. The van der Waals surface area contributed by atoms with Crippen molar-refractivity contribution >= 4 is 93.6 Å². The number of rotatable bonds is 8. The predicted octanol–water partition coefficient (Wildman–Crippen LogP) is 20.8. The average molecular weight is 1000 g/mol. The lowest BCUT2D eigenvalue weighted by molar-refractivity contribution is 0.590. The minimum Gasteiger partial charge on any atom is -0.456 e. The van der Waals surface area contributed by atoms with E-state index in [4.69, 9.17) is 8.83 Å². The number of nitrogens with zero attached hydrogens (tertiary/aromatic N) is 2. The van der Waals surface area contributed by atoms with Crippen molar-refractivity contribution < 1.29 is 8.83 Å². The van der Waals surface area contributed by atoms with Crippen LogP contribution >= 0.6 is 0 Å². The summed E-state index contributed by atoms with van der Waals surface area (Å²) in [7, 11) is 0. The molecule has 0 amide bonds. The third-order valence-electron chi connectivity index (χ3n) is 16.5. The van der Waals surface area contributed by atoms with Crippen LogP contribution < -0.4 is 0 Å². The van der Waals surface area contributed by atoms with E-state index in [0.29, 0.717) is 5.92 Å². The molecule has 4 heterocycles. The van der Waals surface area contributed by atoms with Crippen molar-refractivity contribution in [2.45, 2.75) is 38.5 Å². The number of para-hydroxylation sites is 2. The van der Waals surface area contributed by atoms with Crippen molar-refractivity contribution in [3.63, 3.8) is 0 Å². The minimum absolute atomic E-state index is 0.103. The molecular formula is C74H54N2O2. The quantitative estimate of drug-likeness (QED) is 0.152. The lowest BCUT2D eigenvalue weighted by Gasteiger charge is -2.22. The summed E-state index contributed by atoms with van der Waals surface area (Å²) in [5.74, 6) is 0.314. The smallest absolute Gasteiger partial charge is 0.135 e. The molecule has 0 radical (unpaired) electrons. The summed E-state index contributed by atoms with van der Waals surface area (Å²) in [6.07, 6.45) is 11.6. The van der Waals surface area contributed by atoms with Crippen LogP contribution in [0.4, 0.5) is 0 Å². The van der Waals surface area contributed by atoms with E-state index in [1.807, 2.05) is 12.2 Å². The molecule has 0 aliphatic heterocycles. The molecule has 0 fully saturated rings. The summed E-state index contributed by atoms with van der Waals surface area (Å²) in [5, 5.41) is 9.28. The zero-order chi connectivity index (χ0) is 52.4. The Morgan fingerprint density at radius 1 is 0.423 bits per heavy atom. The Labute approximate surface area is 452 Å². The van der Waals surface area contributed by atoms with Gasteiger partial charge in [0.2, 0.25) is 0 Å².